The Hall–Kier alpha value is -2.19. The Morgan fingerprint density at radius 3 is 2.40 bits per heavy atom. The molecule has 0 aromatic carbocycles. The molecule has 2 bridgehead atoms. The van der Waals surface area contributed by atoms with Crippen LogP contribution in [0, 0.1) is 17.8 Å². The lowest BCUT2D eigenvalue weighted by molar-refractivity contribution is -0.256. The van der Waals surface area contributed by atoms with E-state index in [4.69, 9.17) is 23.7 Å². The van der Waals surface area contributed by atoms with Crippen molar-refractivity contribution in [2.45, 2.75) is 18.8 Å². The number of carbonyl (C=O) groups excluding carboxylic acids is 3. The molecule has 0 spiro atoms. The number of hydrogen-bond donors (Lipinski definition) is 0. The minimum Gasteiger partial charge on any atom is -0.482 e. The summed E-state index contributed by atoms with van der Waals surface area (Å²) in [6, 6.07) is 0. The molecule has 8 heteroatoms. The number of esters is 2. The number of rotatable bonds is 5. The highest BCUT2D eigenvalue weighted by Gasteiger charge is 2.67. The van der Waals surface area contributed by atoms with Gasteiger partial charge in [0.2, 0.25) is 11.5 Å². The van der Waals surface area contributed by atoms with Crippen molar-refractivity contribution in [2.24, 2.45) is 17.8 Å². The fourth-order valence-corrected chi connectivity index (χ4v) is 3.94. The van der Waals surface area contributed by atoms with Gasteiger partial charge in [-0.05, 0) is 13.0 Å². The maximum Gasteiger partial charge on any atom is 0.373 e. The summed E-state index contributed by atoms with van der Waals surface area (Å²) in [6.45, 7) is 1.89. The molecule has 0 radical (unpaired) electrons. The molecule has 3 aliphatic carbocycles. The Morgan fingerprint density at radius 2 is 1.84 bits per heavy atom. The van der Waals surface area contributed by atoms with Crippen LogP contribution in [0.25, 0.3) is 0 Å². The van der Waals surface area contributed by atoms with E-state index in [1.54, 1.807) is 19.1 Å². The van der Waals surface area contributed by atoms with Crippen LogP contribution in [0.3, 0.4) is 0 Å². The van der Waals surface area contributed by atoms with Gasteiger partial charge in [0.1, 0.15) is 6.10 Å². The molecule has 25 heavy (non-hydrogen) atoms. The van der Waals surface area contributed by atoms with E-state index in [1.807, 2.05) is 0 Å². The first-order valence-electron chi connectivity index (χ1n) is 7.95. The van der Waals surface area contributed by atoms with Crippen molar-refractivity contribution in [3.63, 3.8) is 0 Å². The monoisotopic (exact) mass is 352 g/mol. The Morgan fingerprint density at radius 1 is 1.16 bits per heavy atom. The molecule has 4 aliphatic rings. The first-order valence-corrected chi connectivity index (χ1v) is 7.95. The number of fused-ring (bicyclic) bond motifs is 1. The fraction of sp³-hybridized carbons (Fsp3) is 0.588. The first kappa shape index (κ1) is 17.6. The lowest BCUT2D eigenvalue weighted by Gasteiger charge is -2.51. The molecule has 136 valence electrons. The van der Waals surface area contributed by atoms with Crippen LogP contribution in [0.5, 0.6) is 0 Å². The van der Waals surface area contributed by atoms with Gasteiger partial charge in [0.25, 0.3) is 0 Å². The van der Waals surface area contributed by atoms with Gasteiger partial charge in [0.15, 0.2) is 5.78 Å². The molecule has 0 saturated heterocycles. The third-order valence-electron chi connectivity index (χ3n) is 4.98. The minimum absolute atomic E-state index is 0.0298. The smallest absolute Gasteiger partial charge is 0.373 e. The maximum atomic E-state index is 12.9. The van der Waals surface area contributed by atoms with Crippen molar-refractivity contribution in [1.29, 1.82) is 0 Å². The van der Waals surface area contributed by atoms with Gasteiger partial charge >= 0.3 is 11.9 Å². The Kier molecular flexibility index (Phi) is 4.42. The molecule has 1 heterocycles. The molecular formula is C17H20O8. The average molecular weight is 352 g/mol. The van der Waals surface area contributed by atoms with E-state index >= 15 is 0 Å². The zero-order chi connectivity index (χ0) is 18.4. The number of Topliss-reactive ketones (excluding diaryl/α,β-unsaturated/α-hetero) is 1. The summed E-state index contributed by atoms with van der Waals surface area (Å²) in [6.07, 6.45) is 2.48. The number of hydrogen-bond acceptors (Lipinski definition) is 8. The van der Waals surface area contributed by atoms with Crippen molar-refractivity contribution in [3.05, 3.63) is 23.5 Å². The molecular weight excluding hydrogens is 332 g/mol. The lowest BCUT2D eigenvalue weighted by Crippen LogP contribution is -2.66. The third-order valence-corrected chi connectivity index (χ3v) is 4.98. The second-order valence-electron chi connectivity index (χ2n) is 5.97. The third kappa shape index (κ3) is 2.31. The number of ketones is 1. The van der Waals surface area contributed by atoms with Crippen LogP contribution in [0.2, 0.25) is 0 Å². The Bertz CT molecular complexity index is 672. The quantitative estimate of drug-likeness (QED) is 0.517. The molecule has 0 aromatic rings. The van der Waals surface area contributed by atoms with Gasteiger partial charge in [0, 0.05) is 25.7 Å². The van der Waals surface area contributed by atoms with Crippen molar-refractivity contribution in [1.82, 2.24) is 0 Å². The topological polar surface area (TPSA) is 97.4 Å². The van der Waals surface area contributed by atoms with E-state index < -0.39 is 41.6 Å². The summed E-state index contributed by atoms with van der Waals surface area (Å²) in [5.74, 6) is -5.14. The molecule has 1 aliphatic heterocycles. The first-order chi connectivity index (χ1) is 11.9. The van der Waals surface area contributed by atoms with Crippen molar-refractivity contribution >= 4 is 17.7 Å². The summed E-state index contributed by atoms with van der Waals surface area (Å²) in [4.78, 5) is 37.1. The number of allylic oxidation sites excluding steroid dienone is 1. The standard InChI is InChI=1S/C17H20O8/c1-5-24-16(20)11-7-8-9-6-10(15(19)21-2)12(13(8)25-11)17(22-3,23-4)14(9)18/h6-9,12-13H,5H2,1-4H3. The van der Waals surface area contributed by atoms with Crippen LogP contribution in [-0.2, 0) is 38.1 Å². The second-order valence-corrected chi connectivity index (χ2v) is 5.97. The summed E-state index contributed by atoms with van der Waals surface area (Å²) < 4.78 is 26.4. The van der Waals surface area contributed by atoms with E-state index in [-0.39, 0.29) is 23.7 Å². The van der Waals surface area contributed by atoms with Crippen LogP contribution in [0.1, 0.15) is 6.92 Å². The molecule has 0 N–H and O–H groups in total. The van der Waals surface area contributed by atoms with Crippen LogP contribution in [0.4, 0.5) is 0 Å². The molecule has 4 rings (SSSR count). The SMILES string of the molecule is CCOC(=O)C1=CC2C3C=C(C(=O)OC)C(C2O1)C(OC)(OC)C3=O. The summed E-state index contributed by atoms with van der Waals surface area (Å²) >= 11 is 0. The molecule has 4 unspecified atom stereocenters. The van der Waals surface area contributed by atoms with Crippen LogP contribution in [-0.4, -0.2) is 57.5 Å². The average Bonchev–Trinajstić information content (AvgIpc) is 3.08. The van der Waals surface area contributed by atoms with Gasteiger partial charge in [0.05, 0.1) is 25.6 Å². The van der Waals surface area contributed by atoms with Crippen molar-refractivity contribution < 1.29 is 38.1 Å². The normalized spacial score (nSPS) is 31.6. The van der Waals surface area contributed by atoms with E-state index in [9.17, 15) is 14.4 Å². The molecule has 1 fully saturated rings. The van der Waals surface area contributed by atoms with Gasteiger partial charge in [-0.25, -0.2) is 9.59 Å². The van der Waals surface area contributed by atoms with Gasteiger partial charge in [-0.2, -0.15) is 0 Å². The summed E-state index contributed by atoms with van der Waals surface area (Å²) in [5, 5.41) is 0. The molecule has 0 amide bonds. The van der Waals surface area contributed by atoms with Crippen LogP contribution >= 0.6 is 0 Å². The maximum absolute atomic E-state index is 12.9. The molecule has 8 nitrogen and oxygen atoms in total. The molecule has 0 aromatic heterocycles. The summed E-state index contributed by atoms with van der Waals surface area (Å²) in [5.41, 5.74) is 0.246. The fourth-order valence-electron chi connectivity index (χ4n) is 3.94. The number of ether oxygens (including phenoxy) is 5. The van der Waals surface area contributed by atoms with Crippen LogP contribution in [0.15, 0.2) is 23.5 Å². The van der Waals surface area contributed by atoms with Gasteiger partial charge in [-0.3, -0.25) is 4.79 Å². The molecule has 4 atom stereocenters. The van der Waals surface area contributed by atoms with Crippen molar-refractivity contribution in [3.8, 4) is 0 Å². The zero-order valence-corrected chi connectivity index (χ0v) is 14.4. The highest BCUT2D eigenvalue weighted by Crippen LogP contribution is 2.54. The highest BCUT2D eigenvalue weighted by atomic mass is 16.7. The summed E-state index contributed by atoms with van der Waals surface area (Å²) in [7, 11) is 3.92. The van der Waals surface area contributed by atoms with Gasteiger partial charge < -0.3 is 23.7 Å². The predicted octanol–water partition coefficient (Wildman–Crippen LogP) is 0.366. The van der Waals surface area contributed by atoms with Gasteiger partial charge in [-0.1, -0.05) is 6.08 Å². The zero-order valence-electron chi connectivity index (χ0n) is 14.4. The van der Waals surface area contributed by atoms with Gasteiger partial charge in [-0.15, -0.1) is 0 Å². The van der Waals surface area contributed by atoms with E-state index in [0.29, 0.717) is 0 Å². The predicted molar refractivity (Wildman–Crippen MR) is 81.9 cm³/mol. The Labute approximate surface area is 144 Å². The van der Waals surface area contributed by atoms with E-state index in [2.05, 4.69) is 0 Å². The second kappa shape index (κ2) is 6.27. The van der Waals surface area contributed by atoms with E-state index in [1.165, 1.54) is 21.3 Å². The minimum atomic E-state index is -1.66. The highest BCUT2D eigenvalue weighted by molar-refractivity contribution is 6.01. The molecule has 1 saturated carbocycles. The lowest BCUT2D eigenvalue weighted by atomic mass is 9.60. The van der Waals surface area contributed by atoms with E-state index in [0.717, 1.165) is 0 Å². The largest absolute Gasteiger partial charge is 0.482 e. The Balaban J connectivity index is 2.05. The van der Waals surface area contributed by atoms with Crippen molar-refractivity contribution in [2.75, 3.05) is 27.9 Å². The number of carbonyl (C=O) groups is 3. The van der Waals surface area contributed by atoms with Crippen LogP contribution < -0.4 is 0 Å². The number of methoxy groups -OCH3 is 3.